The molecule has 1 aliphatic rings. The SMILES string of the molecule is C#CC1COS(=O)O1. The van der Waals surface area contributed by atoms with Crippen molar-refractivity contribution in [1.29, 1.82) is 0 Å². The van der Waals surface area contributed by atoms with Crippen LogP contribution >= 0.6 is 0 Å². The predicted octanol–water partition coefficient (Wildman–Crippen LogP) is -0.386. The van der Waals surface area contributed by atoms with Crippen molar-refractivity contribution in [2.45, 2.75) is 6.10 Å². The highest BCUT2D eigenvalue weighted by Crippen LogP contribution is 2.06. The Labute approximate surface area is 49.8 Å². The van der Waals surface area contributed by atoms with Gasteiger partial charge in [-0.25, -0.2) is 4.18 Å². The molecule has 0 spiro atoms. The van der Waals surface area contributed by atoms with Crippen molar-refractivity contribution in [3.8, 4) is 12.3 Å². The molecule has 2 atom stereocenters. The van der Waals surface area contributed by atoms with Gasteiger partial charge in [-0.2, -0.15) is 4.21 Å². The predicted molar refractivity (Wildman–Crippen MR) is 27.8 cm³/mol. The molecule has 0 amide bonds. The van der Waals surface area contributed by atoms with Crippen LogP contribution in [0.15, 0.2) is 0 Å². The minimum Gasteiger partial charge on any atom is -0.265 e. The van der Waals surface area contributed by atoms with Gasteiger partial charge in [0.2, 0.25) is 0 Å². The van der Waals surface area contributed by atoms with Crippen LogP contribution < -0.4 is 0 Å². The topological polar surface area (TPSA) is 35.5 Å². The van der Waals surface area contributed by atoms with E-state index in [4.69, 9.17) is 6.42 Å². The van der Waals surface area contributed by atoms with Crippen molar-refractivity contribution >= 4 is 11.4 Å². The lowest BCUT2D eigenvalue weighted by molar-refractivity contribution is 0.302. The van der Waals surface area contributed by atoms with Crippen molar-refractivity contribution in [3.05, 3.63) is 0 Å². The minimum absolute atomic E-state index is 0.239. The molecule has 0 radical (unpaired) electrons. The highest BCUT2D eigenvalue weighted by atomic mass is 32.2. The molecule has 8 heavy (non-hydrogen) atoms. The van der Waals surface area contributed by atoms with Crippen LogP contribution in [0.3, 0.4) is 0 Å². The second kappa shape index (κ2) is 2.27. The molecule has 0 N–H and O–H groups in total. The van der Waals surface area contributed by atoms with Crippen LogP contribution in [0.4, 0.5) is 0 Å². The molecular formula is C4H4O3S. The van der Waals surface area contributed by atoms with E-state index in [2.05, 4.69) is 14.3 Å². The first-order chi connectivity index (χ1) is 3.83. The van der Waals surface area contributed by atoms with Crippen molar-refractivity contribution < 1.29 is 12.6 Å². The van der Waals surface area contributed by atoms with Gasteiger partial charge in [-0.15, -0.1) is 6.42 Å². The maximum atomic E-state index is 10.2. The van der Waals surface area contributed by atoms with Crippen LogP contribution in [0.1, 0.15) is 0 Å². The first kappa shape index (κ1) is 5.76. The molecule has 0 aromatic heterocycles. The molecule has 0 aromatic rings. The summed E-state index contributed by atoms with van der Waals surface area (Å²) in [6.07, 6.45) is 4.49. The average molecular weight is 132 g/mol. The summed E-state index contributed by atoms with van der Waals surface area (Å²) < 4.78 is 19.2. The van der Waals surface area contributed by atoms with E-state index in [0.717, 1.165) is 0 Å². The molecule has 1 heterocycles. The molecule has 1 saturated heterocycles. The lowest BCUT2D eigenvalue weighted by Gasteiger charge is -1.87. The number of hydrogen-bond donors (Lipinski definition) is 0. The second-order valence-corrected chi connectivity index (χ2v) is 2.08. The Morgan fingerprint density at radius 3 is 2.88 bits per heavy atom. The molecule has 2 unspecified atom stereocenters. The molecular weight excluding hydrogens is 128 g/mol. The fourth-order valence-corrected chi connectivity index (χ4v) is 0.935. The van der Waals surface area contributed by atoms with Crippen LogP contribution in [-0.2, 0) is 19.7 Å². The van der Waals surface area contributed by atoms with E-state index in [1.54, 1.807) is 0 Å². The molecule has 0 aromatic carbocycles. The van der Waals surface area contributed by atoms with E-state index < -0.39 is 17.5 Å². The zero-order valence-electron chi connectivity index (χ0n) is 3.99. The number of hydrogen-bond acceptors (Lipinski definition) is 3. The Morgan fingerprint density at radius 1 is 1.88 bits per heavy atom. The maximum absolute atomic E-state index is 10.2. The summed E-state index contributed by atoms with van der Waals surface area (Å²) in [5, 5.41) is 0. The zero-order valence-corrected chi connectivity index (χ0v) is 4.81. The fraction of sp³-hybridized carbons (Fsp3) is 0.500. The van der Waals surface area contributed by atoms with Gasteiger partial charge in [-0.3, -0.25) is 4.18 Å². The third-order valence-electron chi connectivity index (χ3n) is 0.696. The van der Waals surface area contributed by atoms with Gasteiger partial charge in [0.15, 0.2) is 6.10 Å². The molecule has 44 valence electrons. The molecule has 1 fully saturated rings. The average Bonchev–Trinajstić information content (AvgIpc) is 2.14. The van der Waals surface area contributed by atoms with Crippen molar-refractivity contribution in [1.82, 2.24) is 0 Å². The minimum atomic E-state index is -1.60. The van der Waals surface area contributed by atoms with Crippen LogP contribution in [0.2, 0.25) is 0 Å². The largest absolute Gasteiger partial charge is 0.306 e. The van der Waals surface area contributed by atoms with Crippen molar-refractivity contribution in [2.24, 2.45) is 0 Å². The Hall–Kier alpha value is -0.370. The van der Waals surface area contributed by atoms with Crippen LogP contribution in [0.5, 0.6) is 0 Å². The molecule has 4 heteroatoms. The van der Waals surface area contributed by atoms with Gasteiger partial charge in [0, 0.05) is 0 Å². The number of terminal acetylenes is 1. The summed E-state index contributed by atoms with van der Waals surface area (Å²) in [6.45, 7) is 0.239. The van der Waals surface area contributed by atoms with Gasteiger partial charge in [0.1, 0.15) is 6.61 Å². The van der Waals surface area contributed by atoms with Gasteiger partial charge < -0.3 is 0 Å². The molecule has 1 rings (SSSR count). The molecule has 0 saturated carbocycles. The van der Waals surface area contributed by atoms with Gasteiger partial charge >= 0.3 is 11.4 Å². The number of rotatable bonds is 0. The maximum Gasteiger partial charge on any atom is 0.306 e. The van der Waals surface area contributed by atoms with Crippen molar-refractivity contribution in [2.75, 3.05) is 6.61 Å². The summed E-state index contributed by atoms with van der Waals surface area (Å²) in [4.78, 5) is 0. The second-order valence-electron chi connectivity index (χ2n) is 1.24. The molecule has 0 bridgehead atoms. The Morgan fingerprint density at radius 2 is 2.62 bits per heavy atom. The Kier molecular flexibility index (Phi) is 1.63. The highest BCUT2D eigenvalue weighted by Gasteiger charge is 2.20. The third-order valence-corrected chi connectivity index (χ3v) is 1.41. The van der Waals surface area contributed by atoms with Crippen LogP contribution in [0.25, 0.3) is 0 Å². The first-order valence-electron chi connectivity index (χ1n) is 2.01. The van der Waals surface area contributed by atoms with E-state index in [9.17, 15) is 4.21 Å². The highest BCUT2D eigenvalue weighted by molar-refractivity contribution is 7.75. The smallest absolute Gasteiger partial charge is 0.265 e. The quantitative estimate of drug-likeness (QED) is 0.421. The Balaban J connectivity index is 2.47. The lowest BCUT2D eigenvalue weighted by Crippen LogP contribution is -2.03. The van der Waals surface area contributed by atoms with Gasteiger partial charge in [-0.1, -0.05) is 5.92 Å². The van der Waals surface area contributed by atoms with Crippen LogP contribution in [-0.4, -0.2) is 16.9 Å². The standard InChI is InChI=1S/C4H4O3S/c1-2-4-3-6-8(5)7-4/h1,4H,3H2. The van der Waals surface area contributed by atoms with Crippen molar-refractivity contribution in [3.63, 3.8) is 0 Å². The molecule has 1 aliphatic heterocycles. The normalized spacial score (nSPS) is 36.9. The Bertz CT molecular complexity index is 148. The summed E-state index contributed by atoms with van der Waals surface area (Å²) in [5.41, 5.74) is 0. The third kappa shape index (κ3) is 1.07. The summed E-state index contributed by atoms with van der Waals surface area (Å²) in [5.74, 6) is 2.25. The monoisotopic (exact) mass is 132 g/mol. The van der Waals surface area contributed by atoms with E-state index in [1.807, 2.05) is 0 Å². The summed E-state index contributed by atoms with van der Waals surface area (Å²) in [7, 11) is 0. The van der Waals surface area contributed by atoms with Gasteiger partial charge in [0.05, 0.1) is 0 Å². The lowest BCUT2D eigenvalue weighted by atomic mass is 10.4. The van der Waals surface area contributed by atoms with Gasteiger partial charge in [-0.05, 0) is 0 Å². The van der Waals surface area contributed by atoms with E-state index in [1.165, 1.54) is 0 Å². The summed E-state index contributed by atoms with van der Waals surface area (Å²) in [6, 6.07) is 0. The van der Waals surface area contributed by atoms with Crippen LogP contribution in [0, 0.1) is 12.3 Å². The molecule has 3 nitrogen and oxygen atoms in total. The molecule has 0 aliphatic carbocycles. The fourth-order valence-electron chi connectivity index (χ4n) is 0.344. The van der Waals surface area contributed by atoms with E-state index in [0.29, 0.717) is 0 Å². The summed E-state index contributed by atoms with van der Waals surface area (Å²) >= 11 is -1.60. The first-order valence-corrected chi connectivity index (χ1v) is 3.01. The zero-order chi connectivity index (χ0) is 5.98. The van der Waals surface area contributed by atoms with E-state index in [-0.39, 0.29) is 6.61 Å². The van der Waals surface area contributed by atoms with E-state index >= 15 is 0 Å². The van der Waals surface area contributed by atoms with Gasteiger partial charge in [0.25, 0.3) is 0 Å².